The Balaban J connectivity index is 1.38. The highest BCUT2D eigenvalue weighted by Gasteiger charge is 2.36. The van der Waals surface area contributed by atoms with E-state index in [1.54, 1.807) is 6.07 Å². The van der Waals surface area contributed by atoms with Crippen molar-refractivity contribution >= 4 is 110 Å². The van der Waals surface area contributed by atoms with Crippen LogP contribution >= 0.6 is 11.6 Å². The number of hydrazone groups is 1. The molecule has 0 bridgehead atoms. The first-order valence-corrected chi connectivity index (χ1v) is 21.9. The molecular weight excluding hydrogens is 884 g/mol. The quantitative estimate of drug-likeness (QED) is 0.0650. The van der Waals surface area contributed by atoms with Crippen molar-refractivity contribution in [1.29, 1.82) is 0 Å². The number of carbonyl (C=O) groups is 2. The SMILES string of the molecule is O=C(Nc1cc(S(=O)(=O)O)cc2c1C(=O)/C(=N\Nc1cc(Nc3nc(Cl)nc(Nc4ccc(S(=O)(=O)O)cc4)n3)ccc1S(=O)(=O)O)C(S(=O)(=O)O)=C2)c1ccccc1. The van der Waals surface area contributed by atoms with Gasteiger partial charge in [-0.2, -0.15) is 53.7 Å². The third-order valence-electron chi connectivity index (χ3n) is 7.78. The van der Waals surface area contributed by atoms with E-state index in [9.17, 15) is 61.5 Å². The van der Waals surface area contributed by atoms with Gasteiger partial charge in [-0.15, -0.1) is 0 Å². The Kier molecular flexibility index (Phi) is 11.4. The van der Waals surface area contributed by atoms with E-state index in [-0.39, 0.29) is 34.1 Å². The molecular formula is C32H23ClN8O14S4. The molecule has 0 unspecified atom stereocenters. The van der Waals surface area contributed by atoms with Crippen molar-refractivity contribution < 1.29 is 61.5 Å². The second-order valence-corrected chi connectivity index (χ2v) is 17.8. The van der Waals surface area contributed by atoms with Gasteiger partial charge in [-0.05, 0) is 90.0 Å². The van der Waals surface area contributed by atoms with Crippen LogP contribution in [0, 0.1) is 0 Å². The number of halogens is 1. The Morgan fingerprint density at radius 3 is 1.81 bits per heavy atom. The maximum Gasteiger partial charge on any atom is 0.296 e. The van der Waals surface area contributed by atoms with Gasteiger partial charge in [-0.1, -0.05) is 18.2 Å². The number of amides is 1. The van der Waals surface area contributed by atoms with Crippen molar-refractivity contribution in [2.24, 2.45) is 5.10 Å². The Hall–Kier alpha value is -6.23. The highest BCUT2D eigenvalue weighted by Crippen LogP contribution is 2.35. The first kappa shape index (κ1) is 42.4. The lowest BCUT2D eigenvalue weighted by Crippen LogP contribution is -2.29. The van der Waals surface area contributed by atoms with Gasteiger partial charge in [-0.3, -0.25) is 33.2 Å². The molecule has 27 heteroatoms. The van der Waals surface area contributed by atoms with Crippen molar-refractivity contribution in [2.75, 3.05) is 21.4 Å². The fourth-order valence-electron chi connectivity index (χ4n) is 5.24. The summed E-state index contributed by atoms with van der Waals surface area (Å²) < 4.78 is 136. The molecule has 4 aromatic carbocycles. The van der Waals surface area contributed by atoms with Crippen LogP contribution in [0.15, 0.2) is 110 Å². The number of carbonyl (C=O) groups excluding carboxylic acids is 2. The minimum Gasteiger partial charge on any atom is -0.324 e. The molecule has 1 aliphatic rings. The van der Waals surface area contributed by atoms with Gasteiger partial charge in [0, 0.05) is 16.9 Å². The molecule has 6 rings (SSSR count). The summed E-state index contributed by atoms with van der Waals surface area (Å²) in [4.78, 5) is 35.7. The normalized spacial score (nSPS) is 13.9. The number of anilines is 6. The van der Waals surface area contributed by atoms with E-state index >= 15 is 0 Å². The number of Topliss-reactive ketones (excluding diaryl/α,β-unsaturated/α-hetero) is 1. The van der Waals surface area contributed by atoms with Crippen LogP contribution in [0.1, 0.15) is 26.3 Å². The minimum absolute atomic E-state index is 0.0395. The number of benzene rings is 4. The fourth-order valence-corrected chi connectivity index (χ4v) is 7.71. The molecule has 0 atom stereocenters. The van der Waals surface area contributed by atoms with E-state index in [1.165, 1.54) is 36.4 Å². The Labute approximate surface area is 338 Å². The third kappa shape index (κ3) is 9.91. The zero-order chi connectivity index (χ0) is 43.1. The van der Waals surface area contributed by atoms with Crippen LogP contribution in [0.3, 0.4) is 0 Å². The number of nitrogens with one attached hydrogen (secondary N) is 4. The number of hydrogen-bond acceptors (Lipinski definition) is 17. The molecule has 5 aromatic rings. The molecule has 22 nitrogen and oxygen atoms in total. The Morgan fingerprint density at radius 1 is 0.644 bits per heavy atom. The van der Waals surface area contributed by atoms with E-state index < -0.39 is 100.0 Å². The Morgan fingerprint density at radius 2 is 1.24 bits per heavy atom. The van der Waals surface area contributed by atoms with E-state index in [0.29, 0.717) is 18.2 Å². The molecule has 1 aliphatic carbocycles. The van der Waals surface area contributed by atoms with Gasteiger partial charge < -0.3 is 16.0 Å². The van der Waals surface area contributed by atoms with Crippen LogP contribution in [0.25, 0.3) is 6.08 Å². The average Bonchev–Trinajstić information content (AvgIpc) is 3.13. The van der Waals surface area contributed by atoms with Gasteiger partial charge in [0.2, 0.25) is 23.0 Å². The second-order valence-electron chi connectivity index (χ2n) is 11.8. The van der Waals surface area contributed by atoms with Gasteiger partial charge in [0.25, 0.3) is 46.4 Å². The number of nitrogens with zero attached hydrogens (tertiary/aromatic N) is 4. The lowest BCUT2D eigenvalue weighted by atomic mass is 9.92. The lowest BCUT2D eigenvalue weighted by Gasteiger charge is -2.20. The fraction of sp³-hybridized carbons (Fsp3) is 0. The van der Waals surface area contributed by atoms with Gasteiger partial charge in [0.05, 0.1) is 26.7 Å². The molecule has 59 heavy (non-hydrogen) atoms. The molecule has 306 valence electrons. The smallest absolute Gasteiger partial charge is 0.296 e. The topological polar surface area (TPSA) is 351 Å². The lowest BCUT2D eigenvalue weighted by molar-refractivity contribution is 0.102. The predicted octanol–water partition coefficient (Wildman–Crippen LogP) is 3.90. The molecule has 1 aromatic heterocycles. The van der Waals surface area contributed by atoms with Crippen molar-refractivity contribution in [2.45, 2.75) is 14.7 Å². The summed E-state index contributed by atoms with van der Waals surface area (Å²) in [6.07, 6.45) is 0.611. The molecule has 0 saturated heterocycles. The molecule has 8 N–H and O–H groups in total. The first-order chi connectivity index (χ1) is 27.5. The zero-order valence-corrected chi connectivity index (χ0v) is 32.9. The van der Waals surface area contributed by atoms with Gasteiger partial charge in [0.1, 0.15) is 9.80 Å². The van der Waals surface area contributed by atoms with Crippen molar-refractivity contribution in [3.05, 3.63) is 112 Å². The molecule has 0 aliphatic heterocycles. The second kappa shape index (κ2) is 15.8. The first-order valence-electron chi connectivity index (χ1n) is 15.7. The van der Waals surface area contributed by atoms with Crippen LogP contribution in [0.4, 0.5) is 34.6 Å². The highest BCUT2D eigenvalue weighted by molar-refractivity contribution is 7.91. The predicted molar refractivity (Wildman–Crippen MR) is 209 cm³/mol. The molecule has 0 saturated carbocycles. The number of ketones is 1. The summed E-state index contributed by atoms with van der Waals surface area (Å²) in [5.74, 6) is -2.69. The summed E-state index contributed by atoms with van der Waals surface area (Å²) >= 11 is 6.05. The number of hydrogen-bond donors (Lipinski definition) is 8. The van der Waals surface area contributed by atoms with E-state index in [2.05, 4.69) is 41.4 Å². The maximum absolute atomic E-state index is 14.0. The number of allylic oxidation sites excluding steroid dienone is 1. The van der Waals surface area contributed by atoms with E-state index in [0.717, 1.165) is 30.3 Å². The summed E-state index contributed by atoms with van der Waals surface area (Å²) in [5.41, 5.74) is -0.947. The van der Waals surface area contributed by atoms with E-state index in [1.807, 2.05) is 0 Å². The maximum atomic E-state index is 14.0. The summed E-state index contributed by atoms with van der Waals surface area (Å²) in [6.45, 7) is 0. The summed E-state index contributed by atoms with van der Waals surface area (Å²) in [5, 5.41) is 11.1. The number of fused-ring (bicyclic) bond motifs is 1. The van der Waals surface area contributed by atoms with Crippen molar-refractivity contribution in [1.82, 2.24) is 15.0 Å². The highest BCUT2D eigenvalue weighted by atomic mass is 35.5. The third-order valence-corrected chi connectivity index (χ3v) is 11.4. The molecule has 1 amide bonds. The summed E-state index contributed by atoms with van der Waals surface area (Å²) in [6, 6.07) is 16.4. The minimum atomic E-state index is -5.40. The van der Waals surface area contributed by atoms with Gasteiger partial charge >= 0.3 is 0 Å². The van der Waals surface area contributed by atoms with Crippen LogP contribution in [-0.2, 0) is 40.5 Å². The van der Waals surface area contributed by atoms with Crippen molar-refractivity contribution in [3.8, 4) is 0 Å². The Bertz CT molecular complexity index is 3100. The molecule has 0 fully saturated rings. The van der Waals surface area contributed by atoms with Crippen LogP contribution in [0.2, 0.25) is 5.28 Å². The standard InChI is InChI=1S/C32H23ClN8O14S4/c33-30-37-31(34-18-6-9-20(10-7-18)56(44,45)46)39-32(38-30)35-19-8-11-24(58(50,51)52)22(14-19)40-41-27-25(59(53,54)55)13-17-12-21(57(47,48)49)15-23(26(17)28(27)42)36-29(43)16-4-2-1-3-5-16/h1-15,40H,(H,36,43)(H,44,45,46)(H,47,48,49)(H,50,51,52)(H,53,54,55)(H2,34,35,37,38,39)/b41-27-. The van der Waals surface area contributed by atoms with Gasteiger partial charge in [-0.25, -0.2) is 0 Å². The van der Waals surface area contributed by atoms with Crippen LogP contribution < -0.4 is 21.4 Å². The number of rotatable bonds is 12. The zero-order valence-electron chi connectivity index (χ0n) is 28.8. The molecule has 0 spiro atoms. The largest absolute Gasteiger partial charge is 0.324 e. The van der Waals surface area contributed by atoms with Crippen LogP contribution in [-0.4, -0.2) is 84.2 Å². The molecule has 0 radical (unpaired) electrons. The number of aromatic nitrogens is 3. The monoisotopic (exact) mass is 906 g/mol. The van der Waals surface area contributed by atoms with Crippen molar-refractivity contribution in [3.63, 3.8) is 0 Å². The van der Waals surface area contributed by atoms with Crippen LogP contribution in [0.5, 0.6) is 0 Å². The van der Waals surface area contributed by atoms with Gasteiger partial charge in [0.15, 0.2) is 5.71 Å². The summed E-state index contributed by atoms with van der Waals surface area (Å²) in [7, 11) is -20.0. The average molecular weight is 907 g/mol. The van der Waals surface area contributed by atoms with E-state index in [4.69, 9.17) is 11.6 Å². The molecule has 1 heterocycles.